The predicted octanol–water partition coefficient (Wildman–Crippen LogP) is 1.93. The highest BCUT2D eigenvalue weighted by Gasteiger charge is 2.20. The predicted molar refractivity (Wildman–Crippen MR) is 81.6 cm³/mol. The molecule has 1 aromatic rings. The first-order valence-corrected chi connectivity index (χ1v) is 6.65. The number of Topliss-reactive ketones (excluding diaryl/α,β-unsaturated/α-hetero) is 1. The van der Waals surface area contributed by atoms with E-state index in [1.54, 1.807) is 13.0 Å². The van der Waals surface area contributed by atoms with Crippen LogP contribution in [0, 0.1) is 0 Å². The van der Waals surface area contributed by atoms with Crippen LogP contribution >= 0.6 is 11.6 Å². The number of hydrogen-bond acceptors (Lipinski definition) is 4. The number of hydrogen-bond donors (Lipinski definition) is 1. The van der Waals surface area contributed by atoms with E-state index in [2.05, 4.69) is 4.74 Å². The van der Waals surface area contributed by atoms with Crippen LogP contribution in [0.3, 0.4) is 0 Å². The van der Waals surface area contributed by atoms with Gasteiger partial charge in [0.05, 0.1) is 6.61 Å². The molecule has 21 heavy (non-hydrogen) atoms. The summed E-state index contributed by atoms with van der Waals surface area (Å²) in [4.78, 5) is 31.3. The fourth-order valence-corrected chi connectivity index (χ4v) is 1.19. The smallest absolute Gasteiger partial charge is 0.331 e. The van der Waals surface area contributed by atoms with Crippen molar-refractivity contribution in [1.29, 1.82) is 0 Å². The summed E-state index contributed by atoms with van der Waals surface area (Å²) in [6.07, 6.45) is 3.03. The Kier molecular flexibility index (Phi) is 9.54. The zero-order chi connectivity index (χ0) is 16.3. The van der Waals surface area contributed by atoms with E-state index in [0.717, 1.165) is 5.56 Å². The summed E-state index contributed by atoms with van der Waals surface area (Å²) in [5, 5.41) is -1.14. The van der Waals surface area contributed by atoms with Crippen LogP contribution in [0.4, 0.5) is 0 Å². The minimum Gasteiger partial charge on any atom is -0.465 e. The molecule has 0 radical (unpaired) electrons. The Balaban J connectivity index is 0.000000384. The number of halogens is 1. The summed E-state index contributed by atoms with van der Waals surface area (Å²) in [5.74, 6) is -1.48. The molecule has 0 fully saturated rings. The topological polar surface area (TPSA) is 86.5 Å². The quantitative estimate of drug-likeness (QED) is 0.389. The number of primary amides is 1. The number of ether oxygens (including phenoxy) is 1. The van der Waals surface area contributed by atoms with Gasteiger partial charge in [-0.3, -0.25) is 9.59 Å². The Bertz CT molecular complexity index is 500. The minimum atomic E-state index is -1.14. The maximum Gasteiger partial charge on any atom is 0.331 e. The Morgan fingerprint density at radius 3 is 2.29 bits per heavy atom. The van der Waals surface area contributed by atoms with Crippen molar-refractivity contribution < 1.29 is 19.1 Å². The Morgan fingerprint density at radius 2 is 1.86 bits per heavy atom. The van der Waals surface area contributed by atoms with Crippen molar-refractivity contribution >= 4 is 35.3 Å². The Morgan fingerprint density at radius 1 is 1.29 bits per heavy atom. The van der Waals surface area contributed by atoms with E-state index >= 15 is 0 Å². The van der Waals surface area contributed by atoms with Crippen LogP contribution in [-0.2, 0) is 19.1 Å². The molecule has 1 atom stereocenters. The van der Waals surface area contributed by atoms with Gasteiger partial charge in [-0.25, -0.2) is 4.79 Å². The van der Waals surface area contributed by atoms with E-state index in [0.29, 0.717) is 0 Å². The maximum absolute atomic E-state index is 10.6. The molecular formula is C15H18ClNO4. The number of ketones is 1. The molecule has 0 heterocycles. The van der Waals surface area contributed by atoms with E-state index in [4.69, 9.17) is 17.3 Å². The molecule has 6 heteroatoms. The molecule has 1 rings (SSSR count). The third kappa shape index (κ3) is 9.40. The van der Waals surface area contributed by atoms with Crippen LogP contribution < -0.4 is 5.73 Å². The van der Waals surface area contributed by atoms with Crippen LogP contribution in [0.1, 0.15) is 19.4 Å². The molecule has 1 unspecified atom stereocenters. The van der Waals surface area contributed by atoms with Gasteiger partial charge in [0.15, 0.2) is 11.2 Å². The fourth-order valence-electron chi connectivity index (χ4n) is 1.12. The summed E-state index contributed by atoms with van der Waals surface area (Å²) in [6, 6.07) is 9.53. The van der Waals surface area contributed by atoms with Gasteiger partial charge in [-0.15, -0.1) is 11.6 Å². The molecule has 1 aromatic carbocycles. The molecule has 5 nitrogen and oxygen atoms in total. The average molecular weight is 312 g/mol. The van der Waals surface area contributed by atoms with Crippen molar-refractivity contribution in [1.82, 2.24) is 0 Å². The Hall–Kier alpha value is -2.14. The van der Waals surface area contributed by atoms with E-state index in [1.807, 2.05) is 30.3 Å². The highest BCUT2D eigenvalue weighted by atomic mass is 35.5. The van der Waals surface area contributed by atoms with Crippen LogP contribution in [-0.4, -0.2) is 29.6 Å². The fraction of sp³-hybridized carbons (Fsp3) is 0.267. The van der Waals surface area contributed by atoms with Crippen LogP contribution in [0.25, 0.3) is 6.08 Å². The summed E-state index contributed by atoms with van der Waals surface area (Å²) in [6.45, 7) is 3.14. The zero-order valence-corrected chi connectivity index (χ0v) is 12.7. The molecule has 0 aliphatic heterocycles. The van der Waals surface area contributed by atoms with Gasteiger partial charge in [0.25, 0.3) is 0 Å². The molecule has 0 saturated heterocycles. The van der Waals surface area contributed by atoms with E-state index in [-0.39, 0.29) is 12.4 Å². The van der Waals surface area contributed by atoms with Crippen molar-refractivity contribution in [2.45, 2.75) is 19.2 Å². The summed E-state index contributed by atoms with van der Waals surface area (Å²) < 4.78 is 4.47. The van der Waals surface area contributed by atoms with Gasteiger partial charge in [0, 0.05) is 6.08 Å². The maximum atomic E-state index is 10.6. The Labute approximate surface area is 128 Å². The van der Waals surface area contributed by atoms with Crippen molar-refractivity contribution in [2.24, 2.45) is 5.73 Å². The molecule has 0 aliphatic rings. The summed E-state index contributed by atoms with van der Waals surface area (Å²) in [5.41, 5.74) is 5.89. The van der Waals surface area contributed by atoms with Crippen molar-refractivity contribution in [3.05, 3.63) is 42.0 Å². The lowest BCUT2D eigenvalue weighted by atomic mass is 10.2. The van der Waals surface area contributed by atoms with Gasteiger partial charge in [-0.2, -0.15) is 0 Å². The van der Waals surface area contributed by atoms with Gasteiger partial charge in [0.1, 0.15) is 0 Å². The van der Waals surface area contributed by atoms with Crippen LogP contribution in [0.2, 0.25) is 0 Å². The second kappa shape index (κ2) is 10.6. The van der Waals surface area contributed by atoms with Gasteiger partial charge in [-0.05, 0) is 25.5 Å². The largest absolute Gasteiger partial charge is 0.465 e. The molecule has 1 amide bonds. The van der Waals surface area contributed by atoms with Crippen molar-refractivity contribution in [3.63, 3.8) is 0 Å². The standard InChI is InChI=1S/C9H9NO.C6H9ClO3/c10-9(11)7-6-8-4-2-1-3-5-8;1-3-10-6(9)5(7)4(2)8/h1-7H,(H2,10,11);5H,3H2,1-2H3/b7-6+;. The highest BCUT2D eigenvalue weighted by Crippen LogP contribution is 2.00. The number of carbonyl (C=O) groups excluding carboxylic acids is 3. The number of amides is 1. The first-order valence-electron chi connectivity index (χ1n) is 6.22. The second-order valence-corrected chi connectivity index (χ2v) is 4.31. The molecule has 0 saturated carbocycles. The zero-order valence-electron chi connectivity index (χ0n) is 11.9. The van der Waals surface area contributed by atoms with E-state index in [1.165, 1.54) is 13.0 Å². The number of rotatable bonds is 5. The number of esters is 1. The van der Waals surface area contributed by atoms with Crippen LogP contribution in [0.15, 0.2) is 36.4 Å². The lowest BCUT2D eigenvalue weighted by Crippen LogP contribution is -2.24. The average Bonchev–Trinajstić information content (AvgIpc) is 2.46. The van der Waals surface area contributed by atoms with Gasteiger partial charge < -0.3 is 10.5 Å². The lowest BCUT2D eigenvalue weighted by Gasteiger charge is -2.03. The molecule has 0 spiro atoms. The van der Waals surface area contributed by atoms with Crippen LogP contribution in [0.5, 0.6) is 0 Å². The minimum absolute atomic E-state index is 0.245. The third-order valence-corrected chi connectivity index (χ3v) is 2.58. The van der Waals surface area contributed by atoms with Crippen molar-refractivity contribution in [2.75, 3.05) is 6.61 Å². The summed E-state index contributed by atoms with van der Waals surface area (Å²) in [7, 11) is 0. The lowest BCUT2D eigenvalue weighted by molar-refractivity contribution is -0.144. The molecule has 114 valence electrons. The van der Waals surface area contributed by atoms with Gasteiger partial charge in [-0.1, -0.05) is 30.3 Å². The molecule has 2 N–H and O–H groups in total. The monoisotopic (exact) mass is 311 g/mol. The van der Waals surface area contributed by atoms with Gasteiger partial charge >= 0.3 is 5.97 Å². The summed E-state index contributed by atoms with van der Waals surface area (Å²) >= 11 is 5.32. The molecule has 0 aliphatic carbocycles. The van der Waals surface area contributed by atoms with Crippen molar-refractivity contribution in [3.8, 4) is 0 Å². The third-order valence-electron chi connectivity index (χ3n) is 2.09. The normalized spacial score (nSPS) is 11.2. The number of benzene rings is 1. The number of alkyl halides is 1. The molecular weight excluding hydrogens is 294 g/mol. The van der Waals surface area contributed by atoms with E-state index < -0.39 is 17.3 Å². The number of nitrogens with two attached hydrogens (primary N) is 1. The molecule has 0 aromatic heterocycles. The first-order chi connectivity index (χ1) is 9.88. The highest BCUT2D eigenvalue weighted by molar-refractivity contribution is 6.40. The SMILES string of the molecule is CCOC(=O)C(Cl)C(C)=O.NC(=O)/C=C/c1ccccc1. The second-order valence-electron chi connectivity index (χ2n) is 3.87. The number of carbonyl (C=O) groups is 3. The first kappa shape index (κ1) is 18.9. The molecule has 0 bridgehead atoms. The van der Waals surface area contributed by atoms with Gasteiger partial charge in [0.2, 0.25) is 5.91 Å². The van der Waals surface area contributed by atoms with E-state index in [9.17, 15) is 14.4 Å².